The largest absolute Gasteiger partial charge is 0.399 e. The predicted octanol–water partition coefficient (Wildman–Crippen LogP) is 2.62. The molecule has 0 aromatic heterocycles. The van der Waals surface area contributed by atoms with Crippen LogP contribution in [0.15, 0.2) is 41.3 Å². The van der Waals surface area contributed by atoms with Gasteiger partial charge in [0.1, 0.15) is 0 Å². The Morgan fingerprint density at radius 2 is 1.80 bits per heavy atom. The van der Waals surface area contributed by atoms with Gasteiger partial charge in [0, 0.05) is 11.4 Å². The predicted molar refractivity (Wildman–Crippen MR) is 81.7 cm³/mol. The zero-order valence-electron chi connectivity index (χ0n) is 10.7. The van der Waals surface area contributed by atoms with Crippen LogP contribution in [0.3, 0.4) is 0 Å². The molecule has 2 rings (SSSR count). The lowest BCUT2D eigenvalue weighted by Crippen LogP contribution is -2.15. The number of para-hydroxylation sites is 1. The van der Waals surface area contributed by atoms with E-state index in [1.807, 2.05) is 6.07 Å². The molecule has 7 heteroatoms. The Balaban J connectivity index is 2.54. The molecule has 5 N–H and O–H groups in total. The van der Waals surface area contributed by atoms with Crippen molar-refractivity contribution < 1.29 is 8.42 Å². The highest BCUT2D eigenvalue weighted by Gasteiger charge is 2.16. The number of benzene rings is 2. The number of primary sulfonamides is 1. The van der Waals surface area contributed by atoms with Gasteiger partial charge >= 0.3 is 0 Å². The maximum Gasteiger partial charge on any atom is 0.238 e. The van der Waals surface area contributed by atoms with E-state index in [4.69, 9.17) is 22.5 Å². The third-order valence-electron chi connectivity index (χ3n) is 2.83. The van der Waals surface area contributed by atoms with Crippen LogP contribution in [0.25, 0.3) is 0 Å². The molecule has 0 fully saturated rings. The lowest BCUT2D eigenvalue weighted by molar-refractivity contribution is 0.597. The number of rotatable bonds is 3. The summed E-state index contributed by atoms with van der Waals surface area (Å²) in [5.74, 6) is 0. The highest BCUT2D eigenvalue weighted by Crippen LogP contribution is 2.31. The molecule has 106 valence electrons. The Hall–Kier alpha value is -1.76. The lowest BCUT2D eigenvalue weighted by Gasteiger charge is -2.14. The summed E-state index contributed by atoms with van der Waals surface area (Å²) < 4.78 is 23.1. The second-order valence-corrected chi connectivity index (χ2v) is 6.28. The van der Waals surface area contributed by atoms with E-state index in [9.17, 15) is 8.42 Å². The zero-order chi connectivity index (χ0) is 14.9. The van der Waals surface area contributed by atoms with Gasteiger partial charge in [0.15, 0.2) is 0 Å². The smallest absolute Gasteiger partial charge is 0.238 e. The molecule has 0 saturated carbocycles. The van der Waals surface area contributed by atoms with Crippen molar-refractivity contribution in [3.8, 4) is 0 Å². The Kier molecular flexibility index (Phi) is 3.89. The van der Waals surface area contributed by atoms with Gasteiger partial charge in [0.2, 0.25) is 10.0 Å². The van der Waals surface area contributed by atoms with Gasteiger partial charge in [-0.05, 0) is 36.8 Å². The number of anilines is 3. The molecular formula is C13H14ClN3O2S. The van der Waals surface area contributed by atoms with Crippen molar-refractivity contribution in [2.24, 2.45) is 5.14 Å². The number of sulfonamides is 1. The average molecular weight is 312 g/mol. The van der Waals surface area contributed by atoms with Crippen molar-refractivity contribution in [3.63, 3.8) is 0 Å². The van der Waals surface area contributed by atoms with Crippen molar-refractivity contribution in [1.82, 2.24) is 0 Å². The third-order valence-corrected chi connectivity index (χ3v) is 4.20. The molecular weight excluding hydrogens is 298 g/mol. The Bertz CT molecular complexity index is 760. The molecule has 0 spiro atoms. The van der Waals surface area contributed by atoms with E-state index in [1.54, 1.807) is 31.2 Å². The maximum absolute atomic E-state index is 11.5. The van der Waals surface area contributed by atoms with Crippen molar-refractivity contribution >= 4 is 38.7 Å². The van der Waals surface area contributed by atoms with Crippen LogP contribution in [0.1, 0.15) is 5.56 Å². The molecule has 0 radical (unpaired) electrons. The van der Waals surface area contributed by atoms with Gasteiger partial charge in [-0.3, -0.25) is 0 Å². The first-order chi connectivity index (χ1) is 9.29. The van der Waals surface area contributed by atoms with Crippen LogP contribution in [0, 0.1) is 6.92 Å². The van der Waals surface area contributed by atoms with Gasteiger partial charge in [-0.25, -0.2) is 13.6 Å². The SMILES string of the molecule is Cc1c(Nc2ccccc2Cl)cc(N)cc1S(N)(=O)=O. The van der Waals surface area contributed by atoms with E-state index < -0.39 is 10.0 Å². The van der Waals surface area contributed by atoms with Crippen molar-refractivity contribution in [2.45, 2.75) is 11.8 Å². The molecule has 2 aromatic carbocycles. The standard InChI is InChI=1S/C13H14ClN3O2S/c1-8-12(17-11-5-3-2-4-10(11)14)6-9(15)7-13(8)20(16,18)19/h2-7,17H,15H2,1H3,(H2,16,18,19). The van der Waals surface area contributed by atoms with Crippen LogP contribution in [0.4, 0.5) is 17.1 Å². The minimum Gasteiger partial charge on any atom is -0.399 e. The molecule has 5 nitrogen and oxygen atoms in total. The van der Waals surface area contributed by atoms with E-state index >= 15 is 0 Å². The summed E-state index contributed by atoms with van der Waals surface area (Å²) in [6.45, 7) is 1.65. The van der Waals surface area contributed by atoms with Crippen LogP contribution < -0.4 is 16.2 Å². The maximum atomic E-state index is 11.5. The highest BCUT2D eigenvalue weighted by molar-refractivity contribution is 7.89. The van der Waals surface area contributed by atoms with Crippen molar-refractivity contribution in [3.05, 3.63) is 47.0 Å². The highest BCUT2D eigenvalue weighted by atomic mass is 35.5. The number of nitrogen functional groups attached to an aromatic ring is 1. The second-order valence-electron chi connectivity index (χ2n) is 4.34. The summed E-state index contributed by atoms with van der Waals surface area (Å²) in [6, 6.07) is 10.1. The summed E-state index contributed by atoms with van der Waals surface area (Å²) in [6.07, 6.45) is 0. The van der Waals surface area contributed by atoms with E-state index in [1.165, 1.54) is 6.07 Å². The number of halogens is 1. The van der Waals surface area contributed by atoms with E-state index in [2.05, 4.69) is 5.32 Å². The first kappa shape index (κ1) is 14.6. The Labute approximate surface area is 122 Å². The van der Waals surface area contributed by atoms with Gasteiger partial charge in [-0.2, -0.15) is 0 Å². The Morgan fingerprint density at radius 3 is 2.40 bits per heavy atom. The van der Waals surface area contributed by atoms with Crippen LogP contribution in [0.5, 0.6) is 0 Å². The summed E-state index contributed by atoms with van der Waals surface area (Å²) in [5, 5.41) is 8.76. The molecule has 0 aliphatic heterocycles. The summed E-state index contributed by atoms with van der Waals surface area (Å²) in [4.78, 5) is -0.00736. The van der Waals surface area contributed by atoms with Crippen LogP contribution in [0.2, 0.25) is 5.02 Å². The van der Waals surface area contributed by atoms with Gasteiger partial charge in [-0.1, -0.05) is 23.7 Å². The quantitative estimate of drug-likeness (QED) is 0.759. The van der Waals surface area contributed by atoms with Crippen molar-refractivity contribution in [1.29, 1.82) is 0 Å². The average Bonchev–Trinajstić information content (AvgIpc) is 2.34. The fraction of sp³-hybridized carbons (Fsp3) is 0.0769. The van der Waals surface area contributed by atoms with E-state index in [0.29, 0.717) is 27.6 Å². The molecule has 0 bridgehead atoms. The monoisotopic (exact) mass is 311 g/mol. The summed E-state index contributed by atoms with van der Waals surface area (Å²) in [5.41, 5.74) is 7.71. The molecule has 0 aliphatic rings. The molecule has 0 heterocycles. The molecule has 0 aliphatic carbocycles. The van der Waals surface area contributed by atoms with Gasteiger partial charge in [0.25, 0.3) is 0 Å². The molecule has 0 atom stereocenters. The lowest BCUT2D eigenvalue weighted by atomic mass is 10.1. The van der Waals surface area contributed by atoms with Crippen LogP contribution in [-0.4, -0.2) is 8.42 Å². The van der Waals surface area contributed by atoms with Crippen LogP contribution >= 0.6 is 11.6 Å². The number of hydrogen-bond donors (Lipinski definition) is 3. The molecule has 2 aromatic rings. The van der Waals surface area contributed by atoms with E-state index in [0.717, 1.165) is 0 Å². The first-order valence-corrected chi connectivity index (χ1v) is 7.66. The van der Waals surface area contributed by atoms with Crippen molar-refractivity contribution in [2.75, 3.05) is 11.1 Å². The molecule has 0 amide bonds. The van der Waals surface area contributed by atoms with Crippen LogP contribution in [-0.2, 0) is 10.0 Å². The second kappa shape index (κ2) is 5.32. The third kappa shape index (κ3) is 3.04. The molecule has 20 heavy (non-hydrogen) atoms. The van der Waals surface area contributed by atoms with Gasteiger partial charge in [0.05, 0.1) is 15.6 Å². The topological polar surface area (TPSA) is 98.2 Å². The van der Waals surface area contributed by atoms with Gasteiger partial charge < -0.3 is 11.1 Å². The first-order valence-electron chi connectivity index (χ1n) is 5.73. The fourth-order valence-electron chi connectivity index (χ4n) is 1.84. The number of nitrogens with one attached hydrogen (secondary N) is 1. The molecule has 0 saturated heterocycles. The number of hydrogen-bond acceptors (Lipinski definition) is 4. The fourth-order valence-corrected chi connectivity index (χ4v) is 2.86. The summed E-state index contributed by atoms with van der Waals surface area (Å²) in [7, 11) is -3.83. The minimum absolute atomic E-state index is 0.00736. The number of nitrogens with two attached hydrogens (primary N) is 2. The zero-order valence-corrected chi connectivity index (χ0v) is 12.3. The summed E-state index contributed by atoms with van der Waals surface area (Å²) >= 11 is 6.06. The van der Waals surface area contributed by atoms with Gasteiger partial charge in [-0.15, -0.1) is 0 Å². The molecule has 0 unspecified atom stereocenters. The Morgan fingerprint density at radius 1 is 1.15 bits per heavy atom. The normalized spacial score (nSPS) is 11.3. The van der Waals surface area contributed by atoms with E-state index in [-0.39, 0.29) is 4.90 Å². The minimum atomic E-state index is -3.83.